The average molecular weight is 202 g/mol. The van der Waals surface area contributed by atoms with Crippen molar-refractivity contribution >= 4 is 5.97 Å². The van der Waals surface area contributed by atoms with Gasteiger partial charge in [0.15, 0.2) is 0 Å². The summed E-state index contributed by atoms with van der Waals surface area (Å²) in [7, 11) is 1.67. The van der Waals surface area contributed by atoms with Gasteiger partial charge in [0.2, 0.25) is 0 Å². The lowest BCUT2D eigenvalue weighted by molar-refractivity contribution is -0.137. The van der Waals surface area contributed by atoms with E-state index < -0.39 is 5.97 Å². The minimum absolute atomic E-state index is 0.209. The highest BCUT2D eigenvalue weighted by Gasteiger charge is 2.21. The van der Waals surface area contributed by atoms with Crippen molar-refractivity contribution in [3.63, 3.8) is 0 Å². The van der Waals surface area contributed by atoms with E-state index in [0.29, 0.717) is 19.2 Å². The van der Waals surface area contributed by atoms with Crippen LogP contribution in [-0.2, 0) is 9.53 Å². The fraction of sp³-hybridized carbons (Fsp3) is 0.889. The van der Waals surface area contributed by atoms with Crippen LogP contribution >= 0.6 is 0 Å². The van der Waals surface area contributed by atoms with Crippen LogP contribution in [0.2, 0.25) is 0 Å². The molecular formula is C9H18N2O3. The van der Waals surface area contributed by atoms with Crippen LogP contribution in [0, 0.1) is 0 Å². The van der Waals surface area contributed by atoms with Crippen molar-refractivity contribution in [2.75, 3.05) is 39.9 Å². The minimum Gasteiger partial charge on any atom is -0.481 e. The van der Waals surface area contributed by atoms with Gasteiger partial charge >= 0.3 is 5.97 Å². The Morgan fingerprint density at radius 2 is 2.50 bits per heavy atom. The number of aliphatic carboxylic acids is 1. The van der Waals surface area contributed by atoms with E-state index in [1.54, 1.807) is 7.11 Å². The lowest BCUT2D eigenvalue weighted by Crippen LogP contribution is -2.53. The van der Waals surface area contributed by atoms with E-state index in [1.165, 1.54) is 0 Å². The smallest absolute Gasteiger partial charge is 0.304 e. The minimum atomic E-state index is -0.736. The summed E-state index contributed by atoms with van der Waals surface area (Å²) in [4.78, 5) is 12.6. The summed E-state index contributed by atoms with van der Waals surface area (Å²) >= 11 is 0. The first kappa shape index (κ1) is 11.4. The van der Waals surface area contributed by atoms with Crippen LogP contribution in [0.1, 0.15) is 6.42 Å². The molecule has 0 aromatic carbocycles. The maximum atomic E-state index is 10.4. The van der Waals surface area contributed by atoms with Crippen molar-refractivity contribution in [2.24, 2.45) is 0 Å². The first-order chi connectivity index (χ1) is 6.74. The van der Waals surface area contributed by atoms with Crippen molar-refractivity contribution in [1.29, 1.82) is 0 Å². The third-order valence-corrected chi connectivity index (χ3v) is 2.44. The molecule has 0 saturated carbocycles. The van der Waals surface area contributed by atoms with E-state index in [1.807, 2.05) is 0 Å². The SMILES string of the molecule is COC[C@@H]1CNCCN1CCC(=O)O. The summed E-state index contributed by atoms with van der Waals surface area (Å²) in [6.45, 7) is 3.99. The number of rotatable bonds is 5. The number of piperazine rings is 1. The Morgan fingerprint density at radius 1 is 1.71 bits per heavy atom. The van der Waals surface area contributed by atoms with Crippen LogP contribution in [0.15, 0.2) is 0 Å². The van der Waals surface area contributed by atoms with Crippen LogP contribution in [0.4, 0.5) is 0 Å². The third-order valence-electron chi connectivity index (χ3n) is 2.44. The summed E-state index contributed by atoms with van der Waals surface area (Å²) in [5.41, 5.74) is 0. The molecule has 2 N–H and O–H groups in total. The second-order valence-electron chi connectivity index (χ2n) is 3.49. The maximum absolute atomic E-state index is 10.4. The molecule has 1 aliphatic rings. The van der Waals surface area contributed by atoms with E-state index in [9.17, 15) is 4.79 Å². The topological polar surface area (TPSA) is 61.8 Å². The molecular weight excluding hydrogens is 184 g/mol. The number of hydrogen-bond donors (Lipinski definition) is 2. The molecule has 0 bridgehead atoms. The summed E-state index contributed by atoms with van der Waals surface area (Å²) in [6.07, 6.45) is 0.209. The third kappa shape index (κ3) is 3.61. The molecule has 0 radical (unpaired) electrons. The van der Waals surface area contributed by atoms with Crippen LogP contribution < -0.4 is 5.32 Å². The molecule has 0 spiro atoms. The molecule has 1 aliphatic heterocycles. The summed E-state index contributed by atoms with van der Waals surface area (Å²) in [6, 6.07) is 0.313. The first-order valence-corrected chi connectivity index (χ1v) is 4.89. The normalized spacial score (nSPS) is 23.6. The van der Waals surface area contributed by atoms with E-state index >= 15 is 0 Å². The standard InChI is InChI=1S/C9H18N2O3/c1-14-7-8-6-10-3-5-11(8)4-2-9(12)13/h8,10H,2-7H2,1H3,(H,12,13)/t8-/m0/s1. The van der Waals surface area contributed by atoms with Crippen LogP contribution in [0.5, 0.6) is 0 Å². The molecule has 1 saturated heterocycles. The Labute approximate surface area is 84.0 Å². The highest BCUT2D eigenvalue weighted by Crippen LogP contribution is 2.04. The quantitative estimate of drug-likeness (QED) is 0.622. The van der Waals surface area contributed by atoms with Crippen LogP contribution in [-0.4, -0.2) is 61.9 Å². The molecule has 0 aliphatic carbocycles. The molecule has 1 heterocycles. The highest BCUT2D eigenvalue weighted by molar-refractivity contribution is 5.66. The molecule has 1 atom stereocenters. The molecule has 14 heavy (non-hydrogen) atoms. The molecule has 0 unspecified atom stereocenters. The summed E-state index contributed by atoms with van der Waals surface area (Å²) < 4.78 is 5.09. The van der Waals surface area contributed by atoms with Gasteiger partial charge in [-0.25, -0.2) is 0 Å². The van der Waals surface area contributed by atoms with Gasteiger partial charge in [0.05, 0.1) is 13.0 Å². The van der Waals surface area contributed by atoms with Gasteiger partial charge in [0.25, 0.3) is 0 Å². The fourth-order valence-corrected chi connectivity index (χ4v) is 1.69. The average Bonchev–Trinajstić information content (AvgIpc) is 2.17. The van der Waals surface area contributed by atoms with E-state index in [4.69, 9.17) is 9.84 Å². The predicted molar refractivity (Wildman–Crippen MR) is 52.4 cm³/mol. The van der Waals surface area contributed by atoms with E-state index in [0.717, 1.165) is 19.6 Å². The molecule has 1 fully saturated rings. The summed E-state index contributed by atoms with van der Waals surface area (Å²) in [5.74, 6) is -0.736. The van der Waals surface area contributed by atoms with Crippen molar-refractivity contribution < 1.29 is 14.6 Å². The van der Waals surface area contributed by atoms with Crippen molar-refractivity contribution in [2.45, 2.75) is 12.5 Å². The molecule has 5 heteroatoms. The monoisotopic (exact) mass is 202 g/mol. The maximum Gasteiger partial charge on any atom is 0.304 e. The van der Waals surface area contributed by atoms with Crippen molar-refractivity contribution in [3.05, 3.63) is 0 Å². The van der Waals surface area contributed by atoms with Crippen molar-refractivity contribution in [3.8, 4) is 0 Å². The largest absolute Gasteiger partial charge is 0.481 e. The van der Waals surface area contributed by atoms with Crippen LogP contribution in [0.25, 0.3) is 0 Å². The number of carbonyl (C=O) groups is 1. The second-order valence-corrected chi connectivity index (χ2v) is 3.49. The fourth-order valence-electron chi connectivity index (χ4n) is 1.69. The van der Waals surface area contributed by atoms with Gasteiger partial charge in [-0.2, -0.15) is 0 Å². The van der Waals surface area contributed by atoms with E-state index in [-0.39, 0.29) is 6.42 Å². The second kappa shape index (κ2) is 5.95. The number of carboxylic acids is 1. The van der Waals surface area contributed by atoms with Gasteiger partial charge in [-0.15, -0.1) is 0 Å². The van der Waals surface area contributed by atoms with Gasteiger partial charge in [0.1, 0.15) is 0 Å². The number of ether oxygens (including phenoxy) is 1. The zero-order chi connectivity index (χ0) is 10.4. The first-order valence-electron chi connectivity index (χ1n) is 4.89. The molecule has 1 rings (SSSR count). The van der Waals surface area contributed by atoms with Crippen LogP contribution in [0.3, 0.4) is 0 Å². The number of carboxylic acid groups (broad SMARTS) is 1. The molecule has 82 valence electrons. The lowest BCUT2D eigenvalue weighted by Gasteiger charge is -2.35. The van der Waals surface area contributed by atoms with Gasteiger partial charge in [-0.1, -0.05) is 0 Å². The number of nitrogens with one attached hydrogen (secondary N) is 1. The Bertz CT molecular complexity index is 185. The molecule has 5 nitrogen and oxygen atoms in total. The molecule has 0 aromatic heterocycles. The number of hydrogen-bond acceptors (Lipinski definition) is 4. The number of methoxy groups -OCH3 is 1. The van der Waals surface area contributed by atoms with Gasteiger partial charge < -0.3 is 15.2 Å². The predicted octanol–water partition coefficient (Wildman–Crippen LogP) is -0.619. The number of nitrogens with zero attached hydrogens (tertiary/aromatic N) is 1. The highest BCUT2D eigenvalue weighted by atomic mass is 16.5. The van der Waals surface area contributed by atoms with Gasteiger partial charge in [0, 0.05) is 39.3 Å². The molecule has 0 aromatic rings. The summed E-state index contributed by atoms with van der Waals surface area (Å²) in [5, 5.41) is 11.9. The van der Waals surface area contributed by atoms with Crippen molar-refractivity contribution in [1.82, 2.24) is 10.2 Å². The zero-order valence-corrected chi connectivity index (χ0v) is 8.53. The Balaban J connectivity index is 2.33. The Morgan fingerprint density at radius 3 is 3.14 bits per heavy atom. The zero-order valence-electron chi connectivity index (χ0n) is 8.53. The Hall–Kier alpha value is -0.650. The lowest BCUT2D eigenvalue weighted by atomic mass is 10.2. The van der Waals surface area contributed by atoms with Gasteiger partial charge in [-0.05, 0) is 0 Å². The van der Waals surface area contributed by atoms with Gasteiger partial charge in [-0.3, -0.25) is 9.69 Å². The van der Waals surface area contributed by atoms with E-state index in [2.05, 4.69) is 10.2 Å². The molecule has 0 amide bonds. The Kier molecular flexibility index (Phi) is 4.86.